The van der Waals surface area contributed by atoms with Gasteiger partial charge in [0, 0.05) is 46.1 Å². The number of pyridine rings is 1. The first-order chi connectivity index (χ1) is 18.5. The Hall–Kier alpha value is -4.98. The topological polar surface area (TPSA) is 107 Å². The molecule has 0 aliphatic rings. The molecule has 1 unspecified atom stereocenters. The normalized spacial score (nSPS) is 12.2. The summed E-state index contributed by atoms with van der Waals surface area (Å²) in [6.07, 6.45) is 6.42. The zero-order valence-electron chi connectivity index (χ0n) is 20.9. The summed E-state index contributed by atoms with van der Waals surface area (Å²) < 4.78 is 10.5. The lowest BCUT2D eigenvalue weighted by atomic mass is 9.86. The molecule has 2 aromatic heterocycles. The number of methoxy groups -OCH3 is 2. The minimum absolute atomic E-state index is 0.0148. The van der Waals surface area contributed by atoms with Crippen LogP contribution in [-0.2, 0) is 4.74 Å². The number of nitro benzene ring substituents is 1. The quantitative estimate of drug-likeness (QED) is 0.143. The number of benzene rings is 3. The first kappa shape index (κ1) is 24.7. The molecule has 0 aliphatic heterocycles. The fourth-order valence-electron chi connectivity index (χ4n) is 4.70. The highest BCUT2D eigenvalue weighted by Gasteiger charge is 2.23. The number of nitrogens with zero attached hydrogens (tertiary/aromatic N) is 2. The Labute approximate surface area is 218 Å². The molecule has 8 nitrogen and oxygen atoms in total. The van der Waals surface area contributed by atoms with Gasteiger partial charge in [-0.2, -0.15) is 0 Å². The van der Waals surface area contributed by atoms with Gasteiger partial charge in [-0.25, -0.2) is 9.78 Å². The summed E-state index contributed by atoms with van der Waals surface area (Å²) in [7, 11) is 2.88. The Bertz CT molecular complexity index is 1690. The van der Waals surface area contributed by atoms with Gasteiger partial charge in [0.15, 0.2) is 0 Å². The van der Waals surface area contributed by atoms with Gasteiger partial charge in [-0.05, 0) is 48.4 Å². The number of fused-ring (bicyclic) bond motifs is 2. The second kappa shape index (κ2) is 10.6. The third kappa shape index (κ3) is 4.84. The molecular weight excluding hydrogens is 482 g/mol. The zero-order chi connectivity index (χ0) is 26.6. The molecule has 3 aromatic carbocycles. The molecule has 0 saturated carbocycles. The number of aromatic amines is 1. The highest BCUT2D eigenvalue weighted by atomic mass is 16.6. The van der Waals surface area contributed by atoms with E-state index in [0.29, 0.717) is 17.7 Å². The lowest BCUT2D eigenvalue weighted by Crippen LogP contribution is -2.06. The number of non-ortho nitro benzene ring substituents is 1. The maximum Gasteiger partial charge on any atom is 0.337 e. The van der Waals surface area contributed by atoms with Crippen molar-refractivity contribution >= 4 is 39.5 Å². The van der Waals surface area contributed by atoms with E-state index >= 15 is 0 Å². The molecule has 0 amide bonds. The molecule has 38 heavy (non-hydrogen) atoms. The molecule has 1 N–H and O–H groups in total. The third-order valence-corrected chi connectivity index (χ3v) is 6.59. The Morgan fingerprint density at radius 2 is 1.89 bits per heavy atom. The van der Waals surface area contributed by atoms with E-state index in [1.807, 2.05) is 60.8 Å². The van der Waals surface area contributed by atoms with Gasteiger partial charge >= 0.3 is 5.97 Å². The van der Waals surface area contributed by atoms with E-state index in [9.17, 15) is 14.9 Å². The van der Waals surface area contributed by atoms with Crippen molar-refractivity contribution in [2.24, 2.45) is 0 Å². The molecule has 5 aromatic rings. The van der Waals surface area contributed by atoms with Crippen LogP contribution in [0.5, 0.6) is 5.75 Å². The number of carbonyl (C=O) groups excluding carboxylic acids is 1. The highest BCUT2D eigenvalue weighted by Crippen LogP contribution is 2.39. The Kier molecular flexibility index (Phi) is 6.86. The van der Waals surface area contributed by atoms with E-state index in [4.69, 9.17) is 14.5 Å². The van der Waals surface area contributed by atoms with Gasteiger partial charge in [0.25, 0.3) is 5.69 Å². The number of carbonyl (C=O) groups is 1. The molecule has 1 atom stereocenters. The fraction of sp³-hybridized carbons (Fsp3) is 0.133. The summed E-state index contributed by atoms with van der Waals surface area (Å²) >= 11 is 0. The smallest absolute Gasteiger partial charge is 0.337 e. The van der Waals surface area contributed by atoms with Crippen molar-refractivity contribution in [1.29, 1.82) is 0 Å². The van der Waals surface area contributed by atoms with Crippen LogP contribution in [-0.4, -0.2) is 35.1 Å². The van der Waals surface area contributed by atoms with Crippen molar-refractivity contribution in [3.8, 4) is 5.75 Å². The van der Waals surface area contributed by atoms with Gasteiger partial charge in [-0.3, -0.25) is 10.1 Å². The van der Waals surface area contributed by atoms with Gasteiger partial charge in [-0.1, -0.05) is 36.4 Å². The van der Waals surface area contributed by atoms with Crippen LogP contribution in [0.15, 0.2) is 85.1 Å². The molecule has 0 radical (unpaired) electrons. The number of allylic oxidation sites excluding steroid dienone is 1. The standard InChI is InChI=1S/C30H25N3O5/c1-37-29-16-20(30(34)38-2)11-14-24(29)23(26-18-31-28-15-13-22(33(35)36)17-25(26)28)8-5-7-21-12-10-19-6-3-4-9-27(19)32-21/h3-7,9-18,23,31H,8H2,1-2H3. The van der Waals surface area contributed by atoms with E-state index in [0.717, 1.165) is 38.6 Å². The number of rotatable bonds is 8. The molecule has 0 aliphatic carbocycles. The van der Waals surface area contributed by atoms with E-state index in [1.165, 1.54) is 13.2 Å². The van der Waals surface area contributed by atoms with Crippen molar-refractivity contribution in [3.63, 3.8) is 0 Å². The van der Waals surface area contributed by atoms with Crippen LogP contribution in [0.1, 0.15) is 39.5 Å². The first-order valence-electron chi connectivity index (χ1n) is 12.0. The van der Waals surface area contributed by atoms with Crippen LogP contribution in [0.25, 0.3) is 27.9 Å². The number of H-pyrrole nitrogens is 1. The third-order valence-electron chi connectivity index (χ3n) is 6.59. The van der Waals surface area contributed by atoms with Crippen LogP contribution in [0.4, 0.5) is 5.69 Å². The Morgan fingerprint density at radius 3 is 2.68 bits per heavy atom. The van der Waals surface area contributed by atoms with Crippen molar-refractivity contribution in [3.05, 3.63) is 118 Å². The lowest BCUT2D eigenvalue weighted by Gasteiger charge is -2.19. The van der Waals surface area contributed by atoms with Gasteiger partial charge in [0.1, 0.15) is 5.75 Å². The van der Waals surface area contributed by atoms with Gasteiger partial charge in [0.05, 0.1) is 35.9 Å². The predicted octanol–water partition coefficient (Wildman–Crippen LogP) is 6.65. The summed E-state index contributed by atoms with van der Waals surface area (Å²) in [5.41, 5.74) is 4.63. The summed E-state index contributed by atoms with van der Waals surface area (Å²) in [4.78, 5) is 31.2. The molecule has 0 spiro atoms. The second-order valence-corrected chi connectivity index (χ2v) is 8.80. The molecule has 190 valence electrons. The zero-order valence-corrected chi connectivity index (χ0v) is 20.9. The molecule has 8 heteroatoms. The Morgan fingerprint density at radius 1 is 1.05 bits per heavy atom. The minimum atomic E-state index is -0.462. The summed E-state index contributed by atoms with van der Waals surface area (Å²) in [6.45, 7) is 0. The number of ether oxygens (including phenoxy) is 2. The lowest BCUT2D eigenvalue weighted by molar-refractivity contribution is -0.384. The number of nitrogens with one attached hydrogen (secondary N) is 1. The van der Waals surface area contributed by atoms with Crippen LogP contribution in [0.2, 0.25) is 0 Å². The number of aromatic nitrogens is 2. The molecule has 0 saturated heterocycles. The predicted molar refractivity (Wildman–Crippen MR) is 147 cm³/mol. The fourth-order valence-corrected chi connectivity index (χ4v) is 4.70. The van der Waals surface area contributed by atoms with Gasteiger partial charge < -0.3 is 14.5 Å². The largest absolute Gasteiger partial charge is 0.496 e. The number of nitro groups is 1. The van der Waals surface area contributed by atoms with Crippen LogP contribution >= 0.6 is 0 Å². The number of para-hydroxylation sites is 1. The average Bonchev–Trinajstić information content (AvgIpc) is 3.37. The number of esters is 1. The van der Waals surface area contributed by atoms with E-state index in [-0.39, 0.29) is 11.6 Å². The highest BCUT2D eigenvalue weighted by molar-refractivity contribution is 5.90. The summed E-state index contributed by atoms with van der Waals surface area (Å²) in [6, 6.07) is 21.9. The molecule has 0 fully saturated rings. The maximum atomic E-state index is 12.1. The average molecular weight is 508 g/mol. The molecular formula is C30H25N3O5. The van der Waals surface area contributed by atoms with Crippen LogP contribution in [0.3, 0.4) is 0 Å². The van der Waals surface area contributed by atoms with Crippen LogP contribution in [0, 0.1) is 10.1 Å². The number of hydrogen-bond donors (Lipinski definition) is 1. The molecule has 0 bridgehead atoms. The number of hydrogen-bond acceptors (Lipinski definition) is 6. The monoisotopic (exact) mass is 507 g/mol. The van der Waals surface area contributed by atoms with E-state index in [1.54, 1.807) is 31.4 Å². The van der Waals surface area contributed by atoms with Crippen molar-refractivity contribution < 1.29 is 19.2 Å². The first-order valence-corrected chi connectivity index (χ1v) is 12.0. The maximum absolute atomic E-state index is 12.1. The SMILES string of the molecule is COC(=O)c1ccc(C(CC=Cc2ccc3ccccc3n2)c2c[nH]c3ccc([N+](=O)[O-])cc23)c(OC)c1. The van der Waals surface area contributed by atoms with Crippen molar-refractivity contribution in [2.75, 3.05) is 14.2 Å². The van der Waals surface area contributed by atoms with Crippen molar-refractivity contribution in [1.82, 2.24) is 9.97 Å². The summed E-state index contributed by atoms with van der Waals surface area (Å²) in [5.74, 6) is -0.171. The molecule has 5 rings (SSSR count). The Balaban J connectivity index is 1.58. The van der Waals surface area contributed by atoms with Crippen molar-refractivity contribution in [2.45, 2.75) is 12.3 Å². The van der Waals surface area contributed by atoms with Gasteiger partial charge in [0.2, 0.25) is 0 Å². The minimum Gasteiger partial charge on any atom is -0.496 e. The van der Waals surface area contributed by atoms with Gasteiger partial charge in [-0.15, -0.1) is 0 Å². The van der Waals surface area contributed by atoms with E-state index in [2.05, 4.69) is 4.98 Å². The summed E-state index contributed by atoms with van der Waals surface area (Å²) in [5, 5.41) is 13.3. The van der Waals surface area contributed by atoms with E-state index < -0.39 is 10.9 Å². The van der Waals surface area contributed by atoms with Crippen LogP contribution < -0.4 is 4.74 Å². The second-order valence-electron chi connectivity index (χ2n) is 8.80. The molecule has 2 heterocycles.